The molecule has 0 N–H and O–H groups in total. The summed E-state index contributed by atoms with van der Waals surface area (Å²) >= 11 is 6.86. The summed E-state index contributed by atoms with van der Waals surface area (Å²) in [5, 5.41) is 19.7. The molecule has 2 rings (SSSR count). The number of alkyl halides is 1. The van der Waals surface area contributed by atoms with Crippen molar-refractivity contribution in [1.29, 1.82) is 0 Å². The van der Waals surface area contributed by atoms with Crippen LogP contribution in [0.3, 0.4) is 0 Å². The number of nitrogens with zero attached hydrogens (tertiary/aromatic N) is 3. The number of benzene rings is 1. The van der Waals surface area contributed by atoms with Crippen molar-refractivity contribution in [2.45, 2.75) is 5.88 Å². The molecule has 0 unspecified atom stereocenters. The molecule has 0 aliphatic rings. The van der Waals surface area contributed by atoms with Crippen LogP contribution in [0.25, 0.3) is 10.6 Å². The van der Waals surface area contributed by atoms with E-state index in [9.17, 15) is 10.1 Å². The van der Waals surface area contributed by atoms with E-state index >= 15 is 0 Å². The number of halogens is 1. The largest absolute Gasteiger partial charge is 0.279 e. The van der Waals surface area contributed by atoms with Gasteiger partial charge in [-0.1, -0.05) is 23.5 Å². The zero-order valence-electron chi connectivity index (χ0n) is 7.96. The molecule has 0 radical (unpaired) electrons. The SMILES string of the molecule is O=[N+]([O-])c1ccccc1-c1nnc(CCl)s1. The first-order chi connectivity index (χ1) is 7.72. The number of para-hydroxylation sites is 1. The van der Waals surface area contributed by atoms with Crippen molar-refractivity contribution in [3.8, 4) is 10.6 Å². The van der Waals surface area contributed by atoms with Gasteiger partial charge >= 0.3 is 0 Å². The van der Waals surface area contributed by atoms with E-state index in [-0.39, 0.29) is 11.6 Å². The molecule has 5 nitrogen and oxygen atoms in total. The number of rotatable bonds is 3. The summed E-state index contributed by atoms with van der Waals surface area (Å²) in [5.41, 5.74) is 0.501. The zero-order valence-corrected chi connectivity index (χ0v) is 9.53. The van der Waals surface area contributed by atoms with Crippen molar-refractivity contribution < 1.29 is 4.92 Å². The topological polar surface area (TPSA) is 68.9 Å². The molecule has 1 aromatic heterocycles. The van der Waals surface area contributed by atoms with Gasteiger partial charge in [-0.3, -0.25) is 10.1 Å². The van der Waals surface area contributed by atoms with Gasteiger partial charge in [0.1, 0.15) is 5.01 Å². The van der Waals surface area contributed by atoms with Gasteiger partial charge in [0.25, 0.3) is 5.69 Å². The fourth-order valence-electron chi connectivity index (χ4n) is 1.23. The minimum absolute atomic E-state index is 0.0276. The maximum Gasteiger partial charge on any atom is 0.279 e. The molecule has 82 valence electrons. The molecule has 1 aromatic carbocycles. The van der Waals surface area contributed by atoms with Gasteiger partial charge in [-0.2, -0.15) is 0 Å². The molecule has 0 spiro atoms. The van der Waals surface area contributed by atoms with Crippen molar-refractivity contribution in [1.82, 2.24) is 10.2 Å². The first-order valence-electron chi connectivity index (χ1n) is 4.34. The molecule has 1 heterocycles. The van der Waals surface area contributed by atoms with E-state index in [2.05, 4.69) is 10.2 Å². The summed E-state index contributed by atoms with van der Waals surface area (Å²) in [5.74, 6) is 0.262. The summed E-state index contributed by atoms with van der Waals surface area (Å²) in [7, 11) is 0. The van der Waals surface area contributed by atoms with E-state index in [1.165, 1.54) is 17.4 Å². The van der Waals surface area contributed by atoms with Crippen LogP contribution in [0.2, 0.25) is 0 Å². The maximum atomic E-state index is 10.8. The Labute approximate surface area is 99.9 Å². The highest BCUT2D eigenvalue weighted by molar-refractivity contribution is 7.14. The van der Waals surface area contributed by atoms with Crippen molar-refractivity contribution in [2.24, 2.45) is 0 Å². The summed E-state index contributed by atoms with van der Waals surface area (Å²) < 4.78 is 0. The summed E-state index contributed by atoms with van der Waals surface area (Å²) in [4.78, 5) is 10.4. The third-order valence-corrected chi connectivity index (χ3v) is 3.28. The van der Waals surface area contributed by atoms with Crippen LogP contribution in [-0.4, -0.2) is 15.1 Å². The van der Waals surface area contributed by atoms with Gasteiger partial charge in [0.15, 0.2) is 5.01 Å². The van der Waals surface area contributed by atoms with Crippen molar-refractivity contribution in [3.63, 3.8) is 0 Å². The van der Waals surface area contributed by atoms with Gasteiger partial charge in [-0.25, -0.2) is 0 Å². The minimum Gasteiger partial charge on any atom is -0.258 e. The molecule has 0 aliphatic carbocycles. The average molecular weight is 256 g/mol. The lowest BCUT2D eigenvalue weighted by atomic mass is 10.2. The summed E-state index contributed by atoms with van der Waals surface area (Å²) in [6.07, 6.45) is 0. The van der Waals surface area contributed by atoms with Gasteiger partial charge in [0.05, 0.1) is 16.4 Å². The summed E-state index contributed by atoms with van der Waals surface area (Å²) in [6, 6.07) is 6.43. The molecular weight excluding hydrogens is 250 g/mol. The van der Waals surface area contributed by atoms with Crippen LogP contribution in [0.1, 0.15) is 5.01 Å². The first-order valence-corrected chi connectivity index (χ1v) is 5.69. The van der Waals surface area contributed by atoms with Crippen molar-refractivity contribution in [3.05, 3.63) is 39.4 Å². The second-order valence-electron chi connectivity index (χ2n) is 2.91. The monoisotopic (exact) mass is 255 g/mol. The Balaban J connectivity index is 2.50. The highest BCUT2D eigenvalue weighted by atomic mass is 35.5. The molecule has 0 saturated heterocycles. The molecule has 7 heteroatoms. The lowest BCUT2D eigenvalue weighted by Gasteiger charge is -1.96. The number of hydrogen-bond acceptors (Lipinski definition) is 5. The molecule has 0 bridgehead atoms. The Kier molecular flexibility index (Phi) is 3.12. The third-order valence-electron chi connectivity index (χ3n) is 1.91. The van der Waals surface area contributed by atoms with Crippen LogP contribution in [-0.2, 0) is 5.88 Å². The Hall–Kier alpha value is -1.53. The number of nitro groups is 1. The van der Waals surface area contributed by atoms with Gasteiger partial charge in [-0.05, 0) is 6.07 Å². The lowest BCUT2D eigenvalue weighted by molar-refractivity contribution is -0.384. The fraction of sp³-hybridized carbons (Fsp3) is 0.111. The van der Waals surface area contributed by atoms with Crippen molar-refractivity contribution in [2.75, 3.05) is 0 Å². The zero-order chi connectivity index (χ0) is 11.5. The van der Waals surface area contributed by atoms with E-state index < -0.39 is 4.92 Å². The second kappa shape index (κ2) is 4.54. The van der Waals surface area contributed by atoms with E-state index in [0.717, 1.165) is 0 Å². The van der Waals surface area contributed by atoms with E-state index in [4.69, 9.17) is 11.6 Å². The molecule has 0 saturated carbocycles. The van der Waals surface area contributed by atoms with Crippen LogP contribution in [0.4, 0.5) is 5.69 Å². The van der Waals surface area contributed by atoms with Crippen LogP contribution in [0.15, 0.2) is 24.3 Å². The second-order valence-corrected chi connectivity index (χ2v) is 4.24. The van der Waals surface area contributed by atoms with Gasteiger partial charge < -0.3 is 0 Å². The highest BCUT2D eigenvalue weighted by Gasteiger charge is 2.17. The van der Waals surface area contributed by atoms with E-state index in [1.807, 2.05) is 0 Å². The molecule has 0 fully saturated rings. The molecule has 0 amide bonds. The van der Waals surface area contributed by atoms with Crippen LogP contribution in [0.5, 0.6) is 0 Å². The Morgan fingerprint density at radius 1 is 1.38 bits per heavy atom. The molecular formula is C9H6ClN3O2S. The summed E-state index contributed by atoms with van der Waals surface area (Å²) in [6.45, 7) is 0. The van der Waals surface area contributed by atoms with Crippen LogP contribution < -0.4 is 0 Å². The predicted molar refractivity (Wildman–Crippen MR) is 61.6 cm³/mol. The van der Waals surface area contributed by atoms with E-state index in [0.29, 0.717) is 15.6 Å². The molecule has 2 aromatic rings. The molecule has 0 atom stereocenters. The fourth-order valence-corrected chi connectivity index (χ4v) is 2.17. The minimum atomic E-state index is -0.433. The predicted octanol–water partition coefficient (Wildman–Crippen LogP) is 2.85. The van der Waals surface area contributed by atoms with Crippen LogP contribution >= 0.6 is 22.9 Å². The highest BCUT2D eigenvalue weighted by Crippen LogP contribution is 2.31. The van der Waals surface area contributed by atoms with Gasteiger partial charge in [0.2, 0.25) is 0 Å². The Bertz CT molecular complexity index is 529. The Morgan fingerprint density at radius 2 is 2.12 bits per heavy atom. The number of nitro benzene ring substituents is 1. The molecule has 16 heavy (non-hydrogen) atoms. The average Bonchev–Trinajstić information content (AvgIpc) is 2.77. The number of aromatic nitrogens is 2. The first kappa shape index (κ1) is 11.0. The van der Waals surface area contributed by atoms with Crippen LogP contribution in [0, 0.1) is 10.1 Å². The quantitative estimate of drug-likeness (QED) is 0.480. The van der Waals surface area contributed by atoms with Gasteiger partial charge in [-0.15, -0.1) is 21.8 Å². The Morgan fingerprint density at radius 3 is 2.75 bits per heavy atom. The van der Waals surface area contributed by atoms with Crippen molar-refractivity contribution >= 4 is 28.6 Å². The van der Waals surface area contributed by atoms with E-state index in [1.54, 1.807) is 18.2 Å². The molecule has 0 aliphatic heterocycles. The normalized spacial score (nSPS) is 10.3. The standard InChI is InChI=1S/C9H6ClN3O2S/c10-5-8-11-12-9(16-8)6-3-1-2-4-7(6)13(14)15/h1-4H,5H2. The van der Waals surface area contributed by atoms with Gasteiger partial charge in [0, 0.05) is 6.07 Å². The smallest absolute Gasteiger partial charge is 0.258 e. The number of hydrogen-bond donors (Lipinski definition) is 0. The maximum absolute atomic E-state index is 10.8. The third kappa shape index (κ3) is 2.02. The lowest BCUT2D eigenvalue weighted by Crippen LogP contribution is -1.90.